The fraction of sp³-hybridized carbons (Fsp3) is 0.419. The number of likely N-dealkylation sites (tertiary alicyclic amines) is 1. The Bertz CT molecular complexity index is 1200. The third-order valence-electron chi connectivity index (χ3n) is 7.82. The van der Waals surface area contributed by atoms with E-state index < -0.39 is 0 Å². The van der Waals surface area contributed by atoms with Gasteiger partial charge in [-0.1, -0.05) is 73.9 Å². The van der Waals surface area contributed by atoms with E-state index in [4.69, 9.17) is 10.7 Å². The van der Waals surface area contributed by atoms with E-state index in [1.807, 2.05) is 24.3 Å². The summed E-state index contributed by atoms with van der Waals surface area (Å²) in [5, 5.41) is 0.881. The van der Waals surface area contributed by atoms with Crippen LogP contribution in [-0.4, -0.2) is 28.8 Å². The molecule has 2 heterocycles. The van der Waals surface area contributed by atoms with Crippen LogP contribution in [0.2, 0.25) is 0 Å². The molecule has 1 aromatic heterocycles. The smallest absolute Gasteiger partial charge is 0.192 e. The van der Waals surface area contributed by atoms with E-state index in [-0.39, 0.29) is 30.6 Å². The van der Waals surface area contributed by atoms with Gasteiger partial charge in [-0.25, -0.2) is 0 Å². The molecule has 2 N–H and O–H groups in total. The average molecular weight is 541 g/mol. The van der Waals surface area contributed by atoms with Crippen LogP contribution < -0.4 is 5.73 Å². The first kappa shape index (κ1) is 29.2. The number of carbonyl (C=O) groups is 1. The van der Waals surface area contributed by atoms with E-state index in [2.05, 4.69) is 41.3 Å². The Morgan fingerprint density at radius 3 is 2.43 bits per heavy atom. The second kappa shape index (κ2) is 13.9. The van der Waals surface area contributed by atoms with Crippen molar-refractivity contribution in [2.24, 2.45) is 5.92 Å². The summed E-state index contributed by atoms with van der Waals surface area (Å²) in [7, 11) is 0. The Morgan fingerprint density at radius 1 is 0.919 bits per heavy atom. The summed E-state index contributed by atoms with van der Waals surface area (Å²) < 4.78 is 0. The van der Waals surface area contributed by atoms with E-state index >= 15 is 0 Å². The molecule has 1 aliphatic heterocycles. The van der Waals surface area contributed by atoms with Crippen molar-refractivity contribution in [2.75, 3.05) is 18.8 Å². The number of unbranched alkanes of at least 4 members (excludes halogenated alkanes) is 3. The maximum Gasteiger partial charge on any atom is 0.192 e. The van der Waals surface area contributed by atoms with Gasteiger partial charge in [0.1, 0.15) is 0 Å². The summed E-state index contributed by atoms with van der Waals surface area (Å²) in [4.78, 5) is 20.5. The SMILES string of the molecule is Cl.Cl.Nc1c2c(nc3ccccc13)CCC(=CCCCCCC1CCN(Cc3ccccc3)CC1)C2=O. The first-order valence-electron chi connectivity index (χ1n) is 13.4. The van der Waals surface area contributed by atoms with E-state index in [0.29, 0.717) is 11.3 Å². The third kappa shape index (κ3) is 7.13. The summed E-state index contributed by atoms with van der Waals surface area (Å²) in [5.74, 6) is 0.964. The lowest BCUT2D eigenvalue weighted by atomic mass is 9.87. The van der Waals surface area contributed by atoms with Crippen LogP contribution >= 0.6 is 24.8 Å². The summed E-state index contributed by atoms with van der Waals surface area (Å²) in [6.45, 7) is 3.54. The zero-order valence-electron chi connectivity index (χ0n) is 21.5. The van der Waals surface area contributed by atoms with Crippen molar-refractivity contribution >= 4 is 47.2 Å². The molecule has 3 aromatic rings. The fourth-order valence-corrected chi connectivity index (χ4v) is 5.75. The minimum Gasteiger partial charge on any atom is -0.398 e. The van der Waals surface area contributed by atoms with Crippen molar-refractivity contribution in [2.45, 2.75) is 64.3 Å². The molecule has 0 spiro atoms. The number of rotatable bonds is 8. The van der Waals surface area contributed by atoms with Gasteiger partial charge in [0, 0.05) is 11.9 Å². The van der Waals surface area contributed by atoms with E-state index in [9.17, 15) is 4.79 Å². The molecule has 0 amide bonds. The molecule has 1 saturated heterocycles. The van der Waals surface area contributed by atoms with Crippen molar-refractivity contribution in [3.63, 3.8) is 0 Å². The molecule has 0 saturated carbocycles. The molecule has 4 nitrogen and oxygen atoms in total. The molecular weight excluding hydrogens is 501 g/mol. The standard InChI is InChI=1S/C31H37N3O.2ClH/c32-30-26-14-8-9-15-27(26)33-28-17-16-25(31(35)29(28)30)13-7-2-1-4-10-23-18-20-34(21-19-23)22-24-11-5-3-6-12-24;;/h3,5-6,8-9,11-15,23H,1-2,4,7,10,16-22H2,(H2,32,33);2*1H. The van der Waals surface area contributed by atoms with Crippen LogP contribution in [0.3, 0.4) is 0 Å². The van der Waals surface area contributed by atoms with Crippen LogP contribution in [0.5, 0.6) is 0 Å². The van der Waals surface area contributed by atoms with Crippen molar-refractivity contribution in [3.8, 4) is 0 Å². The number of halogens is 2. The molecule has 2 aromatic carbocycles. The number of hydrogen-bond donors (Lipinski definition) is 1. The monoisotopic (exact) mass is 539 g/mol. The van der Waals surface area contributed by atoms with Gasteiger partial charge >= 0.3 is 0 Å². The van der Waals surface area contributed by atoms with E-state index in [0.717, 1.165) is 60.3 Å². The summed E-state index contributed by atoms with van der Waals surface area (Å²) in [6.07, 6.45) is 12.4. The van der Waals surface area contributed by atoms with Gasteiger partial charge in [0.15, 0.2) is 5.78 Å². The van der Waals surface area contributed by atoms with Gasteiger partial charge in [-0.05, 0) is 74.7 Å². The number of pyridine rings is 1. The highest BCUT2D eigenvalue weighted by Crippen LogP contribution is 2.33. The lowest BCUT2D eigenvalue weighted by molar-refractivity contribution is 0.102. The number of piperidine rings is 1. The largest absolute Gasteiger partial charge is 0.398 e. The lowest BCUT2D eigenvalue weighted by Crippen LogP contribution is -2.33. The van der Waals surface area contributed by atoms with Crippen LogP contribution in [0, 0.1) is 5.92 Å². The number of aromatic nitrogens is 1. The van der Waals surface area contributed by atoms with E-state index in [1.165, 1.54) is 50.8 Å². The quantitative estimate of drug-likeness (QED) is 0.236. The highest BCUT2D eigenvalue weighted by molar-refractivity contribution is 6.16. The number of Topliss-reactive ketones (excluding diaryl/α,β-unsaturated/α-hetero) is 1. The molecule has 198 valence electrons. The number of allylic oxidation sites excluding steroid dienone is 2. The minimum atomic E-state index is 0. The highest BCUT2D eigenvalue weighted by atomic mass is 35.5. The number of nitrogens with zero attached hydrogens (tertiary/aromatic N) is 2. The van der Waals surface area contributed by atoms with Gasteiger partial charge < -0.3 is 5.73 Å². The molecule has 2 aliphatic rings. The van der Waals surface area contributed by atoms with Crippen molar-refractivity contribution in [3.05, 3.63) is 83.1 Å². The van der Waals surface area contributed by atoms with Gasteiger partial charge in [0.2, 0.25) is 0 Å². The maximum atomic E-state index is 13.2. The third-order valence-corrected chi connectivity index (χ3v) is 7.82. The van der Waals surface area contributed by atoms with E-state index in [1.54, 1.807) is 0 Å². The normalized spacial score (nSPS) is 17.3. The summed E-state index contributed by atoms with van der Waals surface area (Å²) in [6, 6.07) is 18.7. The summed E-state index contributed by atoms with van der Waals surface area (Å²) >= 11 is 0. The molecule has 1 fully saturated rings. The van der Waals surface area contributed by atoms with Crippen LogP contribution in [0.25, 0.3) is 10.9 Å². The zero-order chi connectivity index (χ0) is 24.0. The number of anilines is 1. The molecule has 6 heteroatoms. The number of nitrogens with two attached hydrogens (primary N) is 1. The Morgan fingerprint density at radius 2 is 1.65 bits per heavy atom. The van der Waals surface area contributed by atoms with Crippen molar-refractivity contribution < 1.29 is 4.79 Å². The molecule has 0 radical (unpaired) electrons. The highest BCUT2D eigenvalue weighted by Gasteiger charge is 2.26. The Kier molecular flexibility index (Phi) is 11.0. The van der Waals surface area contributed by atoms with Gasteiger partial charge in [0.25, 0.3) is 0 Å². The van der Waals surface area contributed by atoms with Crippen LogP contribution in [0.4, 0.5) is 5.69 Å². The van der Waals surface area contributed by atoms with Gasteiger partial charge in [-0.2, -0.15) is 0 Å². The predicted octanol–water partition coefficient (Wildman–Crippen LogP) is 7.58. The number of nitrogen functional groups attached to an aromatic ring is 1. The maximum absolute atomic E-state index is 13.2. The molecule has 37 heavy (non-hydrogen) atoms. The molecule has 0 atom stereocenters. The van der Waals surface area contributed by atoms with Crippen molar-refractivity contribution in [1.82, 2.24) is 9.88 Å². The van der Waals surface area contributed by atoms with Crippen LogP contribution in [0.1, 0.15) is 73.0 Å². The molecular formula is C31H39Cl2N3O. The molecule has 5 rings (SSSR count). The number of para-hydroxylation sites is 1. The molecule has 0 bridgehead atoms. The van der Waals surface area contributed by atoms with Crippen LogP contribution in [0.15, 0.2) is 66.2 Å². The van der Waals surface area contributed by atoms with Gasteiger partial charge in [-0.3, -0.25) is 14.7 Å². The number of aryl methyl sites for hydroxylation is 1. The topological polar surface area (TPSA) is 59.2 Å². The van der Waals surface area contributed by atoms with Gasteiger partial charge in [-0.15, -0.1) is 24.8 Å². The zero-order valence-corrected chi connectivity index (χ0v) is 23.2. The second-order valence-electron chi connectivity index (χ2n) is 10.3. The number of benzene rings is 2. The Hall–Kier alpha value is -2.40. The van der Waals surface area contributed by atoms with Crippen molar-refractivity contribution in [1.29, 1.82) is 0 Å². The number of fused-ring (bicyclic) bond motifs is 2. The minimum absolute atomic E-state index is 0. The fourth-order valence-electron chi connectivity index (χ4n) is 5.75. The Balaban J connectivity index is 0.00000190. The summed E-state index contributed by atoms with van der Waals surface area (Å²) in [5.41, 5.74) is 11.7. The number of ketones is 1. The average Bonchev–Trinajstić information content (AvgIpc) is 2.89. The van der Waals surface area contributed by atoms with Crippen LogP contribution in [-0.2, 0) is 13.0 Å². The van der Waals surface area contributed by atoms with Gasteiger partial charge in [0.05, 0.1) is 22.5 Å². The second-order valence-corrected chi connectivity index (χ2v) is 10.3. The molecule has 0 unspecified atom stereocenters. The number of carbonyl (C=O) groups excluding carboxylic acids is 1. The first-order valence-corrected chi connectivity index (χ1v) is 13.4. The Labute approximate surface area is 233 Å². The predicted molar refractivity (Wildman–Crippen MR) is 159 cm³/mol. The lowest BCUT2D eigenvalue weighted by Gasteiger charge is -2.32. The molecule has 1 aliphatic carbocycles. The first-order chi connectivity index (χ1) is 17.2. The number of hydrogen-bond acceptors (Lipinski definition) is 4.